The van der Waals surface area contributed by atoms with Crippen LogP contribution in [0.2, 0.25) is 0 Å². The fraction of sp³-hybridized carbons (Fsp3) is 0.0400. The van der Waals surface area contributed by atoms with Gasteiger partial charge in [0.1, 0.15) is 5.75 Å². The number of aromatic nitrogens is 1. The van der Waals surface area contributed by atoms with Crippen molar-refractivity contribution in [2.45, 2.75) is 6.42 Å². The monoisotopic (exact) mass is 407 g/mol. The zero-order chi connectivity index (χ0) is 21.1. The number of phenolic OH excluding ortho intramolecular Hbond substituents is 1. The van der Waals surface area contributed by atoms with Gasteiger partial charge >= 0.3 is 0 Å². The number of para-hydroxylation sites is 1. The molecule has 0 spiro atoms. The van der Waals surface area contributed by atoms with E-state index in [9.17, 15) is 14.7 Å². The fourth-order valence-electron chi connectivity index (χ4n) is 4.35. The van der Waals surface area contributed by atoms with Crippen LogP contribution in [-0.4, -0.2) is 21.9 Å². The number of aromatic amines is 1. The van der Waals surface area contributed by atoms with Crippen LogP contribution in [0.1, 0.15) is 15.9 Å². The number of carbonyl (C=O) groups is 2. The topological polar surface area (TPSA) is 94.2 Å². The highest BCUT2D eigenvalue weighted by Crippen LogP contribution is 2.35. The fourth-order valence-corrected chi connectivity index (χ4v) is 4.35. The van der Waals surface area contributed by atoms with Gasteiger partial charge in [-0.1, -0.05) is 36.4 Å². The van der Waals surface area contributed by atoms with Gasteiger partial charge in [-0.3, -0.25) is 9.59 Å². The lowest BCUT2D eigenvalue weighted by Crippen LogP contribution is -2.12. The van der Waals surface area contributed by atoms with Gasteiger partial charge in [0.2, 0.25) is 5.91 Å². The minimum absolute atomic E-state index is 0.0612. The summed E-state index contributed by atoms with van der Waals surface area (Å²) in [6.07, 6.45) is 0.344. The predicted octanol–water partition coefficient (Wildman–Crippen LogP) is 4.93. The lowest BCUT2D eigenvalue weighted by Gasteiger charge is -2.10. The molecule has 2 heterocycles. The molecule has 1 aliphatic heterocycles. The summed E-state index contributed by atoms with van der Waals surface area (Å²) >= 11 is 0. The van der Waals surface area contributed by atoms with Gasteiger partial charge in [0.05, 0.1) is 17.5 Å². The molecule has 0 atom stereocenters. The molecule has 0 radical (unpaired) electrons. The number of carbonyl (C=O) groups excluding carboxylic acids is 2. The second-order valence-corrected chi connectivity index (χ2v) is 7.80. The largest absolute Gasteiger partial charge is 0.507 e. The lowest BCUT2D eigenvalue weighted by atomic mass is 10.0. The zero-order valence-electron chi connectivity index (χ0n) is 16.3. The van der Waals surface area contributed by atoms with Gasteiger partial charge in [-0.2, -0.15) is 0 Å². The van der Waals surface area contributed by atoms with Crippen molar-refractivity contribution in [1.29, 1.82) is 0 Å². The highest BCUT2D eigenvalue weighted by atomic mass is 16.3. The molecule has 4 aromatic carbocycles. The van der Waals surface area contributed by atoms with Gasteiger partial charge in [-0.05, 0) is 41.3 Å². The number of hydrogen-bond donors (Lipinski definition) is 4. The average molecular weight is 407 g/mol. The molecule has 0 fully saturated rings. The molecule has 6 heteroatoms. The third kappa shape index (κ3) is 2.73. The minimum Gasteiger partial charge on any atom is -0.507 e. The van der Waals surface area contributed by atoms with E-state index in [1.807, 2.05) is 36.4 Å². The summed E-state index contributed by atoms with van der Waals surface area (Å²) in [5.41, 5.74) is 4.29. The summed E-state index contributed by atoms with van der Waals surface area (Å²) in [5, 5.41) is 20.1. The van der Waals surface area contributed by atoms with Crippen molar-refractivity contribution < 1.29 is 14.7 Å². The molecule has 0 unspecified atom stereocenters. The number of hydrogen-bond acceptors (Lipinski definition) is 3. The van der Waals surface area contributed by atoms with E-state index in [0.717, 1.165) is 38.1 Å². The van der Waals surface area contributed by atoms with Crippen LogP contribution >= 0.6 is 0 Å². The predicted molar refractivity (Wildman–Crippen MR) is 122 cm³/mol. The molecule has 5 aromatic rings. The van der Waals surface area contributed by atoms with E-state index < -0.39 is 5.91 Å². The van der Waals surface area contributed by atoms with Crippen molar-refractivity contribution in [2.75, 3.05) is 10.6 Å². The maximum Gasteiger partial charge on any atom is 0.259 e. The van der Waals surface area contributed by atoms with Gasteiger partial charge < -0.3 is 20.7 Å². The van der Waals surface area contributed by atoms with Crippen LogP contribution < -0.4 is 10.6 Å². The number of amides is 2. The van der Waals surface area contributed by atoms with Gasteiger partial charge in [-0.25, -0.2) is 0 Å². The summed E-state index contributed by atoms with van der Waals surface area (Å²) in [6.45, 7) is 0. The summed E-state index contributed by atoms with van der Waals surface area (Å²) in [5.74, 6) is -0.569. The van der Waals surface area contributed by atoms with E-state index in [0.29, 0.717) is 17.8 Å². The Labute approximate surface area is 176 Å². The smallest absolute Gasteiger partial charge is 0.259 e. The molecule has 0 aliphatic carbocycles. The van der Waals surface area contributed by atoms with Crippen LogP contribution in [0.4, 0.5) is 11.4 Å². The van der Waals surface area contributed by atoms with Crippen molar-refractivity contribution in [3.05, 3.63) is 77.9 Å². The molecular weight excluding hydrogens is 390 g/mol. The Morgan fingerprint density at radius 1 is 0.935 bits per heavy atom. The van der Waals surface area contributed by atoms with Crippen LogP contribution in [-0.2, 0) is 11.2 Å². The Morgan fingerprint density at radius 3 is 2.71 bits per heavy atom. The third-order valence-electron chi connectivity index (χ3n) is 5.85. The first-order chi connectivity index (χ1) is 15.1. The molecule has 1 aromatic heterocycles. The van der Waals surface area contributed by atoms with Crippen LogP contribution in [0.3, 0.4) is 0 Å². The summed E-state index contributed by atoms with van der Waals surface area (Å²) < 4.78 is 0. The third-order valence-corrected chi connectivity index (χ3v) is 5.85. The number of H-pyrrole nitrogens is 1. The second-order valence-electron chi connectivity index (χ2n) is 7.80. The summed E-state index contributed by atoms with van der Waals surface area (Å²) in [4.78, 5) is 27.8. The van der Waals surface area contributed by atoms with Crippen LogP contribution in [0.15, 0.2) is 66.7 Å². The van der Waals surface area contributed by atoms with Crippen molar-refractivity contribution in [3.63, 3.8) is 0 Å². The van der Waals surface area contributed by atoms with Crippen LogP contribution in [0.25, 0.3) is 32.6 Å². The number of nitrogens with one attached hydrogen (secondary N) is 3. The summed E-state index contributed by atoms with van der Waals surface area (Å²) in [7, 11) is 0. The van der Waals surface area contributed by atoms with E-state index in [1.165, 1.54) is 0 Å². The molecule has 6 nitrogen and oxygen atoms in total. The highest BCUT2D eigenvalue weighted by Gasteiger charge is 2.19. The number of fused-ring (bicyclic) bond motifs is 6. The number of aromatic hydroxyl groups is 1. The van der Waals surface area contributed by atoms with Gasteiger partial charge in [0, 0.05) is 33.1 Å². The normalized spacial score (nSPS) is 13.0. The van der Waals surface area contributed by atoms with Crippen molar-refractivity contribution >= 4 is 55.8 Å². The van der Waals surface area contributed by atoms with Crippen molar-refractivity contribution in [1.82, 2.24) is 4.98 Å². The maximum atomic E-state index is 12.9. The Hall–Kier alpha value is -4.32. The van der Waals surface area contributed by atoms with Crippen LogP contribution in [0, 0.1) is 0 Å². The number of rotatable bonds is 2. The van der Waals surface area contributed by atoms with E-state index in [2.05, 4.69) is 21.7 Å². The Morgan fingerprint density at radius 2 is 1.81 bits per heavy atom. The number of anilines is 2. The van der Waals surface area contributed by atoms with Gasteiger partial charge in [-0.15, -0.1) is 0 Å². The first-order valence-electron chi connectivity index (χ1n) is 9.97. The first kappa shape index (κ1) is 17.5. The van der Waals surface area contributed by atoms with E-state index in [4.69, 9.17) is 0 Å². The molecule has 0 saturated carbocycles. The van der Waals surface area contributed by atoms with E-state index in [1.54, 1.807) is 24.3 Å². The van der Waals surface area contributed by atoms with Crippen LogP contribution in [0.5, 0.6) is 5.75 Å². The first-order valence-corrected chi connectivity index (χ1v) is 9.97. The standard InChI is InChI=1S/C25H17N3O3/c29-22-12-18-13(6-8-17-16-3-1-2-4-20(16)28-24(17)18)9-19(22)25(31)26-15-7-5-14-10-23(30)27-21(14)11-15/h1-9,11-12,28-29H,10H2,(H,26,31)(H,27,30). The maximum absolute atomic E-state index is 12.9. The minimum atomic E-state index is -0.416. The van der Waals surface area contributed by atoms with E-state index in [-0.39, 0.29) is 17.2 Å². The molecule has 31 heavy (non-hydrogen) atoms. The van der Waals surface area contributed by atoms with Gasteiger partial charge in [0.15, 0.2) is 0 Å². The quantitative estimate of drug-likeness (QED) is 0.334. The molecule has 2 amide bonds. The molecule has 4 N–H and O–H groups in total. The van der Waals surface area contributed by atoms with E-state index >= 15 is 0 Å². The zero-order valence-corrected chi connectivity index (χ0v) is 16.3. The molecule has 0 bridgehead atoms. The van der Waals surface area contributed by atoms with Crippen molar-refractivity contribution in [2.24, 2.45) is 0 Å². The molecule has 0 saturated heterocycles. The number of phenols is 1. The van der Waals surface area contributed by atoms with Crippen molar-refractivity contribution in [3.8, 4) is 5.75 Å². The Balaban J connectivity index is 1.40. The summed E-state index contributed by atoms with van der Waals surface area (Å²) in [6, 6.07) is 20.6. The molecule has 1 aliphatic rings. The average Bonchev–Trinajstić information content (AvgIpc) is 3.32. The SMILES string of the molecule is O=C1Cc2ccc(NC(=O)c3cc4ccc5c6ccccc6[nH]c5c4cc3O)cc2N1. The second kappa shape index (κ2) is 6.34. The molecular formula is C25H17N3O3. The molecule has 6 rings (SSSR count). The Bertz CT molecular complexity index is 1570. The molecule has 150 valence electrons. The van der Waals surface area contributed by atoms with Gasteiger partial charge in [0.25, 0.3) is 5.91 Å². The number of benzene rings is 4. The highest BCUT2D eigenvalue weighted by molar-refractivity contribution is 6.18. The lowest BCUT2D eigenvalue weighted by molar-refractivity contribution is -0.115. The Kier molecular flexibility index (Phi) is 3.58.